The lowest BCUT2D eigenvalue weighted by atomic mass is 9.66. The molecule has 4 fully saturated rings. The first-order valence-corrected chi connectivity index (χ1v) is 8.24. The smallest absolute Gasteiger partial charge is 0.309 e. The third-order valence-electron chi connectivity index (χ3n) is 7.49. The molecule has 22 heavy (non-hydrogen) atoms. The number of ether oxygens (including phenoxy) is 2. The van der Waals surface area contributed by atoms with Crippen LogP contribution >= 0.6 is 0 Å². The second-order valence-electron chi connectivity index (χ2n) is 8.42. The molecule has 1 aliphatic heterocycles. The van der Waals surface area contributed by atoms with E-state index in [1.54, 1.807) is 0 Å². The van der Waals surface area contributed by atoms with E-state index in [0.29, 0.717) is 18.3 Å². The topological polar surface area (TPSA) is 76.1 Å². The minimum Gasteiger partial charge on any atom is -0.481 e. The van der Waals surface area contributed by atoms with Gasteiger partial charge in [0.15, 0.2) is 0 Å². The minimum absolute atomic E-state index is 0.0121. The van der Waals surface area contributed by atoms with Gasteiger partial charge in [-0.3, -0.25) is 9.59 Å². The summed E-state index contributed by atoms with van der Waals surface area (Å²) in [5.74, 6) is 0.0201. The lowest BCUT2D eigenvalue weighted by Crippen LogP contribution is -2.41. The molecule has 5 nitrogen and oxygen atoms in total. The monoisotopic (exact) mass is 308 g/mol. The molecule has 1 saturated heterocycles. The van der Waals surface area contributed by atoms with Gasteiger partial charge in [-0.25, -0.2) is 0 Å². The Kier molecular flexibility index (Phi) is 2.54. The van der Waals surface area contributed by atoms with Crippen LogP contribution in [0.2, 0.25) is 0 Å². The van der Waals surface area contributed by atoms with Crippen molar-refractivity contribution < 1.29 is 24.2 Å². The lowest BCUT2D eigenvalue weighted by Gasteiger charge is -2.39. The average molecular weight is 308 g/mol. The van der Waals surface area contributed by atoms with Gasteiger partial charge in [0.05, 0.1) is 5.41 Å². The number of hydrogen-bond acceptors (Lipinski definition) is 4. The Morgan fingerprint density at radius 2 is 1.91 bits per heavy atom. The molecule has 4 aliphatic rings. The third kappa shape index (κ3) is 1.39. The predicted molar refractivity (Wildman–Crippen MR) is 77.0 cm³/mol. The Bertz CT molecular complexity index is 573. The molecule has 0 aromatic rings. The second kappa shape index (κ2) is 3.86. The van der Waals surface area contributed by atoms with Crippen molar-refractivity contribution in [2.45, 2.75) is 64.8 Å². The van der Waals surface area contributed by atoms with Crippen molar-refractivity contribution in [2.75, 3.05) is 0 Å². The zero-order valence-electron chi connectivity index (χ0n) is 13.6. The molecule has 1 heterocycles. The number of hydrogen-bond donors (Lipinski definition) is 1. The molecule has 0 bridgehead atoms. The maximum absolute atomic E-state index is 11.6. The second-order valence-corrected chi connectivity index (χ2v) is 8.42. The molecule has 0 amide bonds. The number of epoxide rings is 1. The van der Waals surface area contributed by atoms with E-state index in [9.17, 15) is 14.7 Å². The highest BCUT2D eigenvalue weighted by molar-refractivity contribution is 5.74. The number of fused-ring (bicyclic) bond motifs is 2. The molecule has 1 spiro atoms. The van der Waals surface area contributed by atoms with Crippen molar-refractivity contribution in [3.05, 3.63) is 0 Å². The molecule has 3 saturated carbocycles. The van der Waals surface area contributed by atoms with E-state index >= 15 is 0 Å². The predicted octanol–water partition coefficient (Wildman–Crippen LogP) is 2.23. The highest BCUT2D eigenvalue weighted by Crippen LogP contribution is 2.78. The van der Waals surface area contributed by atoms with Crippen LogP contribution < -0.4 is 0 Å². The van der Waals surface area contributed by atoms with Gasteiger partial charge >= 0.3 is 11.9 Å². The van der Waals surface area contributed by atoms with Crippen molar-refractivity contribution in [1.29, 1.82) is 0 Å². The molecular weight excluding hydrogens is 284 g/mol. The summed E-state index contributed by atoms with van der Waals surface area (Å²) in [7, 11) is 0. The van der Waals surface area contributed by atoms with Crippen LogP contribution in [0, 0.1) is 28.6 Å². The van der Waals surface area contributed by atoms with Crippen molar-refractivity contribution in [3.63, 3.8) is 0 Å². The van der Waals surface area contributed by atoms with E-state index < -0.39 is 11.4 Å². The highest BCUT2D eigenvalue weighted by Gasteiger charge is 2.85. The van der Waals surface area contributed by atoms with E-state index in [0.717, 1.165) is 12.8 Å². The molecule has 0 aromatic heterocycles. The van der Waals surface area contributed by atoms with E-state index in [4.69, 9.17) is 9.47 Å². The summed E-state index contributed by atoms with van der Waals surface area (Å²) in [5.41, 5.74) is -0.888. The van der Waals surface area contributed by atoms with Gasteiger partial charge in [0.1, 0.15) is 17.8 Å². The molecule has 8 atom stereocenters. The Hall–Kier alpha value is -1.10. The fourth-order valence-corrected chi connectivity index (χ4v) is 6.27. The first-order valence-electron chi connectivity index (χ1n) is 8.24. The van der Waals surface area contributed by atoms with Gasteiger partial charge in [0.25, 0.3) is 0 Å². The Morgan fingerprint density at radius 1 is 1.23 bits per heavy atom. The Balaban J connectivity index is 1.67. The summed E-state index contributed by atoms with van der Waals surface area (Å²) in [6.45, 7) is 7.69. The third-order valence-corrected chi connectivity index (χ3v) is 7.49. The van der Waals surface area contributed by atoms with Crippen LogP contribution in [0.25, 0.3) is 0 Å². The Morgan fingerprint density at radius 3 is 2.50 bits per heavy atom. The number of carboxylic acid groups (broad SMARTS) is 1. The molecule has 3 aliphatic carbocycles. The van der Waals surface area contributed by atoms with Gasteiger partial charge in [-0.1, -0.05) is 13.8 Å². The van der Waals surface area contributed by atoms with Gasteiger partial charge in [0, 0.05) is 18.3 Å². The summed E-state index contributed by atoms with van der Waals surface area (Å²) in [6.07, 6.45) is 2.20. The number of carbonyl (C=O) groups excluding carboxylic acids is 1. The van der Waals surface area contributed by atoms with Crippen molar-refractivity contribution in [2.24, 2.45) is 28.6 Å². The molecule has 0 unspecified atom stereocenters. The minimum atomic E-state index is -0.685. The van der Waals surface area contributed by atoms with E-state index in [1.807, 2.05) is 6.92 Å². The molecule has 5 heteroatoms. The molecule has 1 N–H and O–H groups in total. The maximum Gasteiger partial charge on any atom is 0.309 e. The first kappa shape index (κ1) is 14.5. The normalized spacial score (nSPS) is 57.9. The molecule has 122 valence electrons. The quantitative estimate of drug-likeness (QED) is 0.625. The van der Waals surface area contributed by atoms with E-state index in [1.165, 1.54) is 6.92 Å². The van der Waals surface area contributed by atoms with Crippen LogP contribution in [-0.4, -0.2) is 34.9 Å². The number of esters is 1. The van der Waals surface area contributed by atoms with Gasteiger partial charge in [0.2, 0.25) is 0 Å². The summed E-state index contributed by atoms with van der Waals surface area (Å²) in [5, 5.41) is 9.56. The number of aliphatic carboxylic acids is 1. The van der Waals surface area contributed by atoms with Crippen molar-refractivity contribution in [3.8, 4) is 0 Å². The molecule has 0 aromatic carbocycles. The SMILES string of the molecule is CC(=O)O[C@H]1[C@H]2O[C@]23C[C@H]2C[C@](C)(C(=O)O)C[C@H]2[C@]3(C)[C@H]1C. The van der Waals surface area contributed by atoms with Crippen molar-refractivity contribution in [1.82, 2.24) is 0 Å². The largest absolute Gasteiger partial charge is 0.481 e. The van der Waals surface area contributed by atoms with Crippen LogP contribution in [0.15, 0.2) is 0 Å². The highest BCUT2D eigenvalue weighted by atomic mass is 16.7. The summed E-state index contributed by atoms with van der Waals surface area (Å²) in [6, 6.07) is 0. The van der Waals surface area contributed by atoms with Crippen LogP contribution in [0.1, 0.15) is 47.0 Å². The van der Waals surface area contributed by atoms with Crippen LogP contribution in [-0.2, 0) is 19.1 Å². The number of carboxylic acids is 1. The zero-order chi connectivity index (χ0) is 16.1. The Labute approximate surface area is 130 Å². The maximum atomic E-state index is 11.6. The standard InChI is InChI=1S/C17H24O5/c1-8-12(21-9(2)18)13-17(22-13)6-10-5-15(3,14(19)20)7-11(10)16(8,17)4/h8,10-13H,5-7H2,1-4H3,(H,19,20)/t8-,10+,11+,12+,13+,15-,16-,17+/m0/s1. The van der Waals surface area contributed by atoms with Gasteiger partial charge < -0.3 is 14.6 Å². The van der Waals surface area contributed by atoms with E-state index in [2.05, 4.69) is 13.8 Å². The average Bonchev–Trinajstić information content (AvgIpc) is 2.91. The van der Waals surface area contributed by atoms with Crippen LogP contribution in [0.5, 0.6) is 0 Å². The summed E-state index contributed by atoms with van der Waals surface area (Å²) >= 11 is 0. The van der Waals surface area contributed by atoms with Gasteiger partial charge in [-0.2, -0.15) is 0 Å². The summed E-state index contributed by atoms with van der Waals surface area (Å²) in [4.78, 5) is 23.0. The molecule has 0 radical (unpaired) electrons. The van der Waals surface area contributed by atoms with Crippen molar-refractivity contribution >= 4 is 11.9 Å². The van der Waals surface area contributed by atoms with E-state index in [-0.39, 0.29) is 35.1 Å². The van der Waals surface area contributed by atoms with Crippen LogP contribution in [0.3, 0.4) is 0 Å². The first-order chi connectivity index (χ1) is 10.2. The lowest BCUT2D eigenvalue weighted by molar-refractivity contribution is -0.153. The van der Waals surface area contributed by atoms with Gasteiger partial charge in [-0.15, -0.1) is 0 Å². The summed E-state index contributed by atoms with van der Waals surface area (Å²) < 4.78 is 11.6. The van der Waals surface area contributed by atoms with Crippen LogP contribution in [0.4, 0.5) is 0 Å². The fraction of sp³-hybridized carbons (Fsp3) is 0.882. The zero-order valence-corrected chi connectivity index (χ0v) is 13.6. The van der Waals surface area contributed by atoms with Gasteiger partial charge in [-0.05, 0) is 38.0 Å². The number of rotatable bonds is 2. The number of carbonyl (C=O) groups is 2. The molecule has 4 rings (SSSR count). The molecular formula is C17H24O5. The fourth-order valence-electron chi connectivity index (χ4n) is 6.27.